The first-order valence-corrected chi connectivity index (χ1v) is 20.3. The maximum atomic E-state index is 6.81. The van der Waals surface area contributed by atoms with Gasteiger partial charge < -0.3 is 37.2 Å². The molecule has 4 saturated heterocycles. The largest absolute Gasteiger partial charge is 0.495 e. The third kappa shape index (κ3) is 5.46. The zero-order valence-corrected chi connectivity index (χ0v) is 36.2. The highest BCUT2D eigenvalue weighted by atomic mass is 16.7. The SMILES string of the molecule is CC1(C)OB(c2cc3cc(B4OC(C)(C)C(C)(C)O4)cc4c5c(B6OC(C)(C)C(C)(C)O6)ccc6cc(B7OC(C)(C)C(C)(C)O7)cc(c(c2)c34)c65)OC1(C)C. The fourth-order valence-corrected chi connectivity index (χ4v) is 8.49. The first-order chi connectivity index (χ1) is 25.6. The lowest BCUT2D eigenvalue weighted by atomic mass is 9.69. The molecule has 292 valence electrons. The van der Waals surface area contributed by atoms with E-state index in [0.717, 1.165) is 64.9 Å². The minimum absolute atomic E-state index is 0.490. The summed E-state index contributed by atoms with van der Waals surface area (Å²) in [5.74, 6) is 0. The molecule has 0 unspecified atom stereocenters. The average Bonchev–Trinajstić information content (AvgIpc) is 3.62. The number of rotatable bonds is 4. The molecule has 0 N–H and O–H groups in total. The van der Waals surface area contributed by atoms with Crippen molar-refractivity contribution in [3.05, 3.63) is 48.5 Å². The van der Waals surface area contributed by atoms with E-state index >= 15 is 0 Å². The van der Waals surface area contributed by atoms with Gasteiger partial charge in [0.2, 0.25) is 0 Å². The first kappa shape index (κ1) is 38.8. The summed E-state index contributed by atoms with van der Waals surface area (Å²) in [5, 5.41) is 8.67. The molecular weight excluding hydrogens is 700 g/mol. The van der Waals surface area contributed by atoms with Crippen molar-refractivity contribution in [3.63, 3.8) is 0 Å². The molecule has 0 spiro atoms. The summed E-state index contributed by atoms with van der Waals surface area (Å²) in [5.41, 5.74) is -0.220. The van der Waals surface area contributed by atoms with Gasteiger partial charge in [-0.1, -0.05) is 48.5 Å². The molecule has 0 amide bonds. The zero-order chi connectivity index (χ0) is 40.6. The average molecular weight is 756 g/mol. The first-order valence-electron chi connectivity index (χ1n) is 20.3. The highest BCUT2D eigenvalue weighted by Crippen LogP contribution is 2.45. The molecule has 5 aromatic rings. The maximum Gasteiger partial charge on any atom is 0.495 e. The zero-order valence-electron chi connectivity index (χ0n) is 36.2. The van der Waals surface area contributed by atoms with Crippen molar-refractivity contribution in [1.29, 1.82) is 0 Å². The lowest BCUT2D eigenvalue weighted by molar-refractivity contribution is 0.00578. The second-order valence-corrected chi connectivity index (χ2v) is 20.8. The van der Waals surface area contributed by atoms with E-state index in [1.54, 1.807) is 0 Å². The summed E-state index contributed by atoms with van der Waals surface area (Å²) in [6.07, 6.45) is 0. The summed E-state index contributed by atoms with van der Waals surface area (Å²) in [4.78, 5) is 0. The van der Waals surface area contributed by atoms with Crippen molar-refractivity contribution in [2.24, 2.45) is 0 Å². The van der Waals surface area contributed by atoms with Crippen LogP contribution in [-0.2, 0) is 37.2 Å². The summed E-state index contributed by atoms with van der Waals surface area (Å²) in [7, 11) is -2.27. The molecular formula is C44H56B4O8. The second kappa shape index (κ2) is 11.5. The minimum atomic E-state index is -0.587. The molecule has 0 aromatic heterocycles. The maximum absolute atomic E-state index is 6.81. The molecule has 0 atom stereocenters. The fraction of sp³-hybridized carbons (Fsp3) is 0.545. The Bertz CT molecular complexity index is 2380. The van der Waals surface area contributed by atoms with Crippen molar-refractivity contribution in [1.82, 2.24) is 0 Å². The van der Waals surface area contributed by atoms with E-state index in [1.807, 2.05) is 0 Å². The highest BCUT2D eigenvalue weighted by Gasteiger charge is 2.55. The molecule has 4 fully saturated rings. The lowest BCUT2D eigenvalue weighted by Gasteiger charge is -2.32. The lowest BCUT2D eigenvalue weighted by Crippen LogP contribution is -2.41. The van der Waals surface area contributed by atoms with Gasteiger partial charge in [-0.3, -0.25) is 0 Å². The molecule has 5 aromatic carbocycles. The van der Waals surface area contributed by atoms with E-state index in [2.05, 4.69) is 159 Å². The van der Waals surface area contributed by atoms with Gasteiger partial charge in [0.1, 0.15) is 0 Å². The number of hydrogen-bond acceptors (Lipinski definition) is 8. The van der Waals surface area contributed by atoms with Gasteiger partial charge in [0, 0.05) is 0 Å². The molecule has 0 saturated carbocycles. The predicted octanol–water partition coefficient (Wildman–Crippen LogP) is 6.93. The van der Waals surface area contributed by atoms with Crippen molar-refractivity contribution < 1.29 is 37.2 Å². The Hall–Kier alpha value is -2.66. The van der Waals surface area contributed by atoms with Crippen LogP contribution in [0, 0.1) is 0 Å². The molecule has 0 radical (unpaired) electrons. The van der Waals surface area contributed by atoms with Crippen LogP contribution >= 0.6 is 0 Å². The fourth-order valence-electron chi connectivity index (χ4n) is 8.49. The van der Waals surface area contributed by atoms with Crippen LogP contribution in [0.3, 0.4) is 0 Å². The summed E-state index contributed by atoms with van der Waals surface area (Å²) in [6, 6.07) is 17.8. The third-order valence-electron chi connectivity index (χ3n) is 14.9. The van der Waals surface area contributed by atoms with Crippen LogP contribution in [-0.4, -0.2) is 73.3 Å². The topological polar surface area (TPSA) is 73.8 Å². The molecule has 4 heterocycles. The molecule has 0 aliphatic carbocycles. The van der Waals surface area contributed by atoms with Gasteiger partial charge in [-0.25, -0.2) is 0 Å². The standard InChI is InChI=1S/C44H56B4O8/c1-37(2)38(3,4)50-45(49-37)27-19-25-17-18-33(48-55-43(13,14)44(15,16)56-48)36-32-24-29(47-53-41(9,10)42(11,12)54-47)21-26-20-28(46-51-39(5,6)40(7,8)52-46)22-30(34(26)32)31(23-27)35(25)36/h17-24H,1-16H3. The van der Waals surface area contributed by atoms with E-state index in [9.17, 15) is 0 Å². The Kier molecular flexibility index (Phi) is 8.00. The number of fused-ring (bicyclic) bond motifs is 2. The molecule has 12 heteroatoms. The van der Waals surface area contributed by atoms with Crippen LogP contribution in [0.5, 0.6) is 0 Å². The van der Waals surface area contributed by atoms with Gasteiger partial charge in [-0.2, -0.15) is 0 Å². The summed E-state index contributed by atoms with van der Waals surface area (Å²) < 4.78 is 53.8. The highest BCUT2D eigenvalue weighted by molar-refractivity contribution is 6.69. The second-order valence-electron chi connectivity index (χ2n) is 20.8. The van der Waals surface area contributed by atoms with Crippen molar-refractivity contribution in [2.75, 3.05) is 0 Å². The van der Waals surface area contributed by atoms with E-state index in [0.29, 0.717) is 0 Å². The van der Waals surface area contributed by atoms with Crippen LogP contribution in [0.4, 0.5) is 0 Å². The van der Waals surface area contributed by atoms with Gasteiger partial charge in [0.05, 0.1) is 44.8 Å². The van der Waals surface area contributed by atoms with Crippen LogP contribution in [0.2, 0.25) is 0 Å². The van der Waals surface area contributed by atoms with Crippen LogP contribution in [0.15, 0.2) is 48.5 Å². The Morgan fingerprint density at radius 1 is 0.304 bits per heavy atom. The molecule has 0 bridgehead atoms. The van der Waals surface area contributed by atoms with Crippen LogP contribution in [0.25, 0.3) is 43.1 Å². The van der Waals surface area contributed by atoms with Gasteiger partial charge >= 0.3 is 28.5 Å². The Labute approximate surface area is 333 Å². The molecule has 56 heavy (non-hydrogen) atoms. The summed E-state index contributed by atoms with van der Waals surface area (Å²) >= 11 is 0. The molecule has 9 rings (SSSR count). The third-order valence-corrected chi connectivity index (χ3v) is 14.9. The molecule has 4 aliphatic heterocycles. The van der Waals surface area contributed by atoms with E-state index in [4.69, 9.17) is 37.2 Å². The van der Waals surface area contributed by atoms with Crippen molar-refractivity contribution in [2.45, 2.75) is 156 Å². The Morgan fingerprint density at radius 3 is 0.982 bits per heavy atom. The number of hydrogen-bond donors (Lipinski definition) is 0. The van der Waals surface area contributed by atoms with Crippen LogP contribution in [0.1, 0.15) is 111 Å². The minimum Gasteiger partial charge on any atom is -0.399 e. The number of benzene rings is 5. The van der Waals surface area contributed by atoms with Crippen molar-refractivity contribution in [3.8, 4) is 0 Å². The van der Waals surface area contributed by atoms with Gasteiger partial charge in [0.15, 0.2) is 0 Å². The van der Waals surface area contributed by atoms with E-state index in [1.165, 1.54) is 0 Å². The molecule has 4 aliphatic rings. The quantitative estimate of drug-likeness (QED) is 0.111. The smallest absolute Gasteiger partial charge is 0.399 e. The van der Waals surface area contributed by atoms with E-state index in [-0.39, 0.29) is 0 Å². The van der Waals surface area contributed by atoms with Gasteiger partial charge in [0.25, 0.3) is 0 Å². The van der Waals surface area contributed by atoms with Gasteiger partial charge in [-0.05, 0) is 176 Å². The van der Waals surface area contributed by atoms with Crippen LogP contribution < -0.4 is 21.9 Å². The monoisotopic (exact) mass is 756 g/mol. The predicted molar refractivity (Wildman–Crippen MR) is 231 cm³/mol. The Balaban J connectivity index is 1.38. The normalized spacial score (nSPS) is 25.6. The Morgan fingerprint density at radius 2 is 0.607 bits per heavy atom. The molecule has 8 nitrogen and oxygen atoms in total. The summed E-state index contributed by atoms with van der Waals surface area (Å²) in [6.45, 7) is 33.6. The van der Waals surface area contributed by atoms with Crippen molar-refractivity contribution >= 4 is 93.4 Å². The van der Waals surface area contributed by atoms with Gasteiger partial charge in [-0.15, -0.1) is 0 Å². The van der Waals surface area contributed by atoms with E-state index < -0.39 is 73.3 Å².